The van der Waals surface area contributed by atoms with E-state index in [1.54, 1.807) is 0 Å². The Morgan fingerprint density at radius 3 is 2.45 bits per heavy atom. The Morgan fingerprint density at radius 1 is 1.30 bits per heavy atom. The van der Waals surface area contributed by atoms with Crippen molar-refractivity contribution in [3.05, 3.63) is 15.9 Å². The number of nitrogens with one attached hydrogen (secondary N) is 1. The van der Waals surface area contributed by atoms with Gasteiger partial charge in [-0.3, -0.25) is 4.68 Å². The molecule has 20 heavy (non-hydrogen) atoms. The molecule has 0 aromatic carbocycles. The van der Waals surface area contributed by atoms with E-state index >= 15 is 0 Å². The molecule has 1 heterocycles. The number of rotatable bonds is 8. The predicted octanol–water partition coefficient (Wildman–Crippen LogP) is 4.18. The molecule has 0 amide bonds. The minimum Gasteiger partial charge on any atom is -0.315 e. The third-order valence-electron chi connectivity index (χ3n) is 3.69. The van der Waals surface area contributed by atoms with E-state index in [-0.39, 0.29) is 5.41 Å². The van der Waals surface area contributed by atoms with E-state index in [9.17, 15) is 0 Å². The van der Waals surface area contributed by atoms with Gasteiger partial charge in [-0.2, -0.15) is 5.10 Å². The van der Waals surface area contributed by atoms with Gasteiger partial charge in [-0.1, -0.05) is 34.6 Å². The van der Waals surface area contributed by atoms with Gasteiger partial charge in [0.05, 0.1) is 15.9 Å². The highest BCUT2D eigenvalue weighted by molar-refractivity contribution is 9.10. The van der Waals surface area contributed by atoms with Crippen molar-refractivity contribution < 1.29 is 0 Å². The van der Waals surface area contributed by atoms with Gasteiger partial charge in [0.25, 0.3) is 0 Å². The zero-order chi connectivity index (χ0) is 15.3. The molecule has 3 nitrogen and oxygen atoms in total. The molecule has 1 aromatic rings. The van der Waals surface area contributed by atoms with Gasteiger partial charge in [-0.25, -0.2) is 0 Å². The third kappa shape index (κ3) is 4.88. The summed E-state index contributed by atoms with van der Waals surface area (Å²) < 4.78 is 3.37. The Morgan fingerprint density at radius 2 is 1.95 bits per heavy atom. The van der Waals surface area contributed by atoms with Gasteiger partial charge in [0.15, 0.2) is 0 Å². The maximum absolute atomic E-state index is 4.69. The second-order valence-electron chi connectivity index (χ2n) is 6.58. The largest absolute Gasteiger partial charge is 0.315 e. The third-order valence-corrected chi connectivity index (χ3v) is 4.61. The molecule has 4 heteroatoms. The summed E-state index contributed by atoms with van der Waals surface area (Å²) in [5.41, 5.74) is 2.80. The zero-order valence-corrected chi connectivity index (χ0v) is 15.5. The van der Waals surface area contributed by atoms with Crippen molar-refractivity contribution in [2.45, 2.75) is 73.4 Å². The minimum atomic E-state index is 0.280. The monoisotopic (exact) mass is 343 g/mol. The SMILES string of the molecule is CCc1nn(CC)c(CC(C)(C)CCNC(C)C)c1Br. The minimum absolute atomic E-state index is 0.280. The van der Waals surface area contributed by atoms with Crippen LogP contribution in [0.3, 0.4) is 0 Å². The number of hydrogen-bond donors (Lipinski definition) is 1. The molecular formula is C16H30BrN3. The van der Waals surface area contributed by atoms with Crippen LogP contribution in [0.5, 0.6) is 0 Å². The molecule has 1 rings (SSSR count). The average molecular weight is 344 g/mol. The quantitative estimate of drug-likeness (QED) is 0.767. The number of nitrogens with zero attached hydrogens (tertiary/aromatic N) is 2. The molecule has 0 atom stereocenters. The summed E-state index contributed by atoms with van der Waals surface area (Å²) in [5.74, 6) is 0. The van der Waals surface area contributed by atoms with E-state index in [0.717, 1.165) is 25.9 Å². The molecule has 0 radical (unpaired) electrons. The normalized spacial score (nSPS) is 12.4. The van der Waals surface area contributed by atoms with Crippen LogP contribution in [0.2, 0.25) is 0 Å². The topological polar surface area (TPSA) is 29.9 Å². The Hall–Kier alpha value is -0.350. The van der Waals surface area contributed by atoms with Crippen LogP contribution in [0, 0.1) is 5.41 Å². The molecule has 0 saturated heterocycles. The summed E-state index contributed by atoms with van der Waals surface area (Å²) in [4.78, 5) is 0. The predicted molar refractivity (Wildman–Crippen MR) is 90.2 cm³/mol. The smallest absolute Gasteiger partial charge is 0.0766 e. The van der Waals surface area contributed by atoms with Gasteiger partial charge in [0.2, 0.25) is 0 Å². The first kappa shape index (κ1) is 17.7. The fraction of sp³-hybridized carbons (Fsp3) is 0.812. The van der Waals surface area contributed by atoms with Gasteiger partial charge in [-0.05, 0) is 54.1 Å². The number of aryl methyl sites for hydroxylation is 2. The second kappa shape index (κ2) is 7.60. The van der Waals surface area contributed by atoms with Crippen LogP contribution in [0.25, 0.3) is 0 Å². The van der Waals surface area contributed by atoms with Crippen LogP contribution in [0.4, 0.5) is 0 Å². The van der Waals surface area contributed by atoms with E-state index in [1.165, 1.54) is 22.3 Å². The van der Waals surface area contributed by atoms with E-state index in [1.807, 2.05) is 0 Å². The van der Waals surface area contributed by atoms with E-state index < -0.39 is 0 Å². The lowest BCUT2D eigenvalue weighted by Gasteiger charge is -2.26. The number of aromatic nitrogens is 2. The molecule has 0 fully saturated rings. The molecule has 0 aliphatic heterocycles. The molecule has 1 N–H and O–H groups in total. The van der Waals surface area contributed by atoms with Crippen LogP contribution in [-0.4, -0.2) is 22.4 Å². The van der Waals surface area contributed by atoms with Crippen molar-refractivity contribution in [3.8, 4) is 0 Å². The molecule has 0 saturated carbocycles. The molecular weight excluding hydrogens is 314 g/mol. The number of halogens is 1. The van der Waals surface area contributed by atoms with Crippen LogP contribution in [0.15, 0.2) is 4.47 Å². The molecule has 0 bridgehead atoms. The Labute approximate surface area is 132 Å². The fourth-order valence-corrected chi connectivity index (χ4v) is 3.13. The van der Waals surface area contributed by atoms with Crippen LogP contribution < -0.4 is 5.32 Å². The standard InChI is InChI=1S/C16H30BrN3/c1-7-13-15(17)14(20(8-2)19-13)11-16(5,6)9-10-18-12(3)4/h12,18H,7-11H2,1-6H3. The van der Waals surface area contributed by atoms with Crippen molar-refractivity contribution in [2.24, 2.45) is 5.41 Å². The lowest BCUT2D eigenvalue weighted by atomic mass is 9.84. The molecule has 116 valence electrons. The summed E-state index contributed by atoms with van der Waals surface area (Å²) in [5, 5.41) is 8.21. The average Bonchev–Trinajstić information content (AvgIpc) is 2.65. The zero-order valence-electron chi connectivity index (χ0n) is 13.9. The highest BCUT2D eigenvalue weighted by atomic mass is 79.9. The van der Waals surface area contributed by atoms with Gasteiger partial charge >= 0.3 is 0 Å². The second-order valence-corrected chi connectivity index (χ2v) is 7.37. The highest BCUT2D eigenvalue weighted by Crippen LogP contribution is 2.31. The highest BCUT2D eigenvalue weighted by Gasteiger charge is 2.24. The maximum atomic E-state index is 4.69. The van der Waals surface area contributed by atoms with Crippen LogP contribution >= 0.6 is 15.9 Å². The van der Waals surface area contributed by atoms with Crippen molar-refractivity contribution in [3.63, 3.8) is 0 Å². The van der Waals surface area contributed by atoms with Crippen molar-refractivity contribution in [1.82, 2.24) is 15.1 Å². The lowest BCUT2D eigenvalue weighted by Crippen LogP contribution is -2.29. The first-order valence-electron chi connectivity index (χ1n) is 7.78. The van der Waals surface area contributed by atoms with Gasteiger partial charge < -0.3 is 5.32 Å². The summed E-state index contributed by atoms with van der Waals surface area (Å²) in [6, 6.07) is 0.561. The van der Waals surface area contributed by atoms with Crippen molar-refractivity contribution in [2.75, 3.05) is 6.54 Å². The first-order chi connectivity index (χ1) is 9.30. The first-order valence-corrected chi connectivity index (χ1v) is 8.57. The molecule has 0 spiro atoms. The maximum Gasteiger partial charge on any atom is 0.0766 e. The van der Waals surface area contributed by atoms with Crippen molar-refractivity contribution in [1.29, 1.82) is 0 Å². The Bertz CT molecular complexity index is 422. The van der Waals surface area contributed by atoms with Crippen LogP contribution in [-0.2, 0) is 19.4 Å². The van der Waals surface area contributed by atoms with Crippen molar-refractivity contribution >= 4 is 15.9 Å². The van der Waals surface area contributed by atoms with Gasteiger partial charge in [0, 0.05) is 12.6 Å². The summed E-state index contributed by atoms with van der Waals surface area (Å²) in [6.07, 6.45) is 3.22. The van der Waals surface area contributed by atoms with E-state index in [0.29, 0.717) is 6.04 Å². The summed E-state index contributed by atoms with van der Waals surface area (Å²) >= 11 is 3.75. The summed E-state index contributed by atoms with van der Waals surface area (Å²) in [6.45, 7) is 15.4. The fourth-order valence-electron chi connectivity index (χ4n) is 2.43. The van der Waals surface area contributed by atoms with Gasteiger partial charge in [0.1, 0.15) is 0 Å². The van der Waals surface area contributed by atoms with Gasteiger partial charge in [-0.15, -0.1) is 0 Å². The van der Waals surface area contributed by atoms with E-state index in [4.69, 9.17) is 5.10 Å². The molecule has 1 aromatic heterocycles. The summed E-state index contributed by atoms with van der Waals surface area (Å²) in [7, 11) is 0. The van der Waals surface area contributed by atoms with E-state index in [2.05, 4.69) is 67.5 Å². The molecule has 0 aliphatic carbocycles. The number of hydrogen-bond acceptors (Lipinski definition) is 2. The Balaban J connectivity index is 2.77. The molecule has 0 aliphatic rings. The Kier molecular flexibility index (Phi) is 6.73. The van der Waals surface area contributed by atoms with Crippen LogP contribution in [0.1, 0.15) is 59.4 Å². The lowest BCUT2D eigenvalue weighted by molar-refractivity contribution is 0.311. The molecule has 0 unspecified atom stereocenters.